The van der Waals surface area contributed by atoms with Gasteiger partial charge in [0.2, 0.25) is 0 Å². The van der Waals surface area contributed by atoms with Crippen LogP contribution in [0.3, 0.4) is 0 Å². The van der Waals surface area contributed by atoms with Crippen molar-refractivity contribution in [2.45, 2.75) is 32.2 Å². The largest absolute Gasteiger partial charge is 0.381 e. The van der Waals surface area contributed by atoms with Crippen LogP contribution in [0.2, 0.25) is 0 Å². The SMILES string of the molecule is C=C[C@@H](CCC)[C@@H]1Cc2cc(F)ccc2N1. The lowest BCUT2D eigenvalue weighted by molar-refractivity contribution is 0.500. The number of nitrogens with one attached hydrogen (secondary N) is 1. The molecule has 0 saturated carbocycles. The van der Waals surface area contributed by atoms with Gasteiger partial charge in [0.25, 0.3) is 0 Å². The van der Waals surface area contributed by atoms with E-state index in [0.717, 1.165) is 30.5 Å². The van der Waals surface area contributed by atoms with Crippen molar-refractivity contribution in [3.63, 3.8) is 0 Å². The third-order valence-electron chi connectivity index (χ3n) is 3.29. The summed E-state index contributed by atoms with van der Waals surface area (Å²) in [5.41, 5.74) is 2.17. The predicted octanol–water partition coefficient (Wildman–Crippen LogP) is 3.76. The number of benzene rings is 1. The molecule has 1 heterocycles. The van der Waals surface area contributed by atoms with E-state index in [2.05, 4.69) is 18.8 Å². The van der Waals surface area contributed by atoms with Gasteiger partial charge >= 0.3 is 0 Å². The lowest BCUT2D eigenvalue weighted by Crippen LogP contribution is -2.25. The molecule has 2 atom stereocenters. The molecule has 1 aromatic rings. The van der Waals surface area contributed by atoms with Crippen LogP contribution < -0.4 is 5.32 Å². The molecule has 1 N–H and O–H groups in total. The van der Waals surface area contributed by atoms with E-state index in [1.165, 1.54) is 6.07 Å². The van der Waals surface area contributed by atoms with Crippen LogP contribution in [0, 0.1) is 11.7 Å². The molecule has 0 amide bonds. The second-order valence-corrected chi connectivity index (χ2v) is 4.44. The summed E-state index contributed by atoms with van der Waals surface area (Å²) < 4.78 is 13.1. The topological polar surface area (TPSA) is 12.0 Å². The van der Waals surface area contributed by atoms with Gasteiger partial charge < -0.3 is 5.32 Å². The van der Waals surface area contributed by atoms with Gasteiger partial charge in [-0.1, -0.05) is 19.4 Å². The Morgan fingerprint density at radius 3 is 3.12 bits per heavy atom. The molecule has 1 aliphatic heterocycles. The summed E-state index contributed by atoms with van der Waals surface area (Å²) in [7, 11) is 0. The fourth-order valence-electron chi connectivity index (χ4n) is 2.43. The maximum Gasteiger partial charge on any atom is 0.123 e. The number of rotatable bonds is 4. The summed E-state index contributed by atoms with van der Waals surface area (Å²) in [6.45, 7) is 6.07. The normalized spacial score (nSPS) is 20.0. The van der Waals surface area contributed by atoms with Gasteiger partial charge in [0, 0.05) is 11.7 Å². The second-order valence-electron chi connectivity index (χ2n) is 4.44. The average molecular weight is 219 g/mol. The first-order valence-corrected chi connectivity index (χ1v) is 5.92. The Balaban J connectivity index is 2.12. The summed E-state index contributed by atoms with van der Waals surface area (Å²) in [4.78, 5) is 0. The van der Waals surface area contributed by atoms with Gasteiger partial charge in [-0.2, -0.15) is 0 Å². The van der Waals surface area contributed by atoms with E-state index in [9.17, 15) is 4.39 Å². The Bertz CT molecular complexity index is 386. The Morgan fingerprint density at radius 1 is 1.62 bits per heavy atom. The Hall–Kier alpha value is -1.31. The van der Waals surface area contributed by atoms with Crippen molar-refractivity contribution < 1.29 is 4.39 Å². The van der Waals surface area contributed by atoms with Gasteiger partial charge in [0.15, 0.2) is 0 Å². The summed E-state index contributed by atoms with van der Waals surface area (Å²) in [5, 5.41) is 3.46. The number of halogens is 1. The van der Waals surface area contributed by atoms with Crippen LogP contribution in [-0.2, 0) is 6.42 Å². The molecule has 1 aliphatic rings. The third-order valence-corrected chi connectivity index (χ3v) is 3.29. The highest BCUT2D eigenvalue weighted by Gasteiger charge is 2.25. The molecule has 0 aromatic heterocycles. The van der Waals surface area contributed by atoms with Crippen molar-refractivity contribution in [1.29, 1.82) is 0 Å². The Labute approximate surface area is 96.4 Å². The fourth-order valence-corrected chi connectivity index (χ4v) is 2.43. The van der Waals surface area contributed by atoms with E-state index in [4.69, 9.17) is 0 Å². The highest BCUT2D eigenvalue weighted by atomic mass is 19.1. The average Bonchev–Trinajstić information content (AvgIpc) is 2.68. The molecule has 0 fully saturated rings. The van der Waals surface area contributed by atoms with Crippen molar-refractivity contribution in [2.24, 2.45) is 5.92 Å². The zero-order chi connectivity index (χ0) is 11.5. The molecule has 16 heavy (non-hydrogen) atoms. The van der Waals surface area contributed by atoms with Crippen molar-refractivity contribution in [3.8, 4) is 0 Å². The number of hydrogen-bond acceptors (Lipinski definition) is 1. The minimum Gasteiger partial charge on any atom is -0.381 e. The molecule has 0 spiro atoms. The van der Waals surface area contributed by atoms with Gasteiger partial charge in [-0.05, 0) is 42.5 Å². The van der Waals surface area contributed by atoms with Crippen molar-refractivity contribution in [2.75, 3.05) is 5.32 Å². The highest BCUT2D eigenvalue weighted by molar-refractivity contribution is 5.57. The van der Waals surface area contributed by atoms with Crippen LogP contribution in [0.15, 0.2) is 30.9 Å². The third kappa shape index (κ3) is 2.11. The Morgan fingerprint density at radius 2 is 2.44 bits per heavy atom. The molecule has 1 nitrogen and oxygen atoms in total. The van der Waals surface area contributed by atoms with Gasteiger partial charge in [-0.3, -0.25) is 0 Å². The molecule has 0 saturated heterocycles. The van der Waals surface area contributed by atoms with Crippen molar-refractivity contribution >= 4 is 5.69 Å². The lowest BCUT2D eigenvalue weighted by atomic mass is 9.93. The van der Waals surface area contributed by atoms with E-state index in [0.29, 0.717) is 12.0 Å². The van der Waals surface area contributed by atoms with Crippen LogP contribution in [-0.4, -0.2) is 6.04 Å². The maximum atomic E-state index is 13.1. The smallest absolute Gasteiger partial charge is 0.123 e. The monoisotopic (exact) mass is 219 g/mol. The molecule has 0 radical (unpaired) electrons. The van der Waals surface area contributed by atoms with Crippen LogP contribution in [0.25, 0.3) is 0 Å². The fraction of sp³-hybridized carbons (Fsp3) is 0.429. The maximum absolute atomic E-state index is 13.1. The molecule has 86 valence electrons. The summed E-state index contributed by atoms with van der Waals surface area (Å²) in [6.07, 6.45) is 5.21. The predicted molar refractivity (Wildman–Crippen MR) is 66.1 cm³/mol. The Kier molecular flexibility index (Phi) is 3.28. The van der Waals surface area contributed by atoms with Crippen LogP contribution in [0.4, 0.5) is 10.1 Å². The molecule has 2 rings (SSSR count). The van der Waals surface area contributed by atoms with Crippen molar-refractivity contribution in [3.05, 3.63) is 42.2 Å². The lowest BCUT2D eigenvalue weighted by Gasteiger charge is -2.20. The molecule has 2 heteroatoms. The highest BCUT2D eigenvalue weighted by Crippen LogP contribution is 2.31. The molecule has 0 bridgehead atoms. The van der Waals surface area contributed by atoms with Gasteiger partial charge in [0.05, 0.1) is 0 Å². The van der Waals surface area contributed by atoms with E-state index in [1.807, 2.05) is 12.1 Å². The first-order valence-electron chi connectivity index (χ1n) is 5.92. The first-order chi connectivity index (χ1) is 7.74. The zero-order valence-electron chi connectivity index (χ0n) is 9.67. The van der Waals surface area contributed by atoms with Crippen molar-refractivity contribution in [1.82, 2.24) is 0 Å². The number of hydrogen-bond donors (Lipinski definition) is 1. The van der Waals surface area contributed by atoms with Crippen LogP contribution in [0.5, 0.6) is 0 Å². The minimum absolute atomic E-state index is 0.146. The van der Waals surface area contributed by atoms with Gasteiger partial charge in [-0.25, -0.2) is 4.39 Å². The standard InChI is InChI=1S/C14H18FN/c1-3-5-10(4-2)14-9-11-8-12(15)6-7-13(11)16-14/h4,6-8,10,14,16H,2-3,5,9H2,1H3/t10-,14-/m0/s1. The molecular weight excluding hydrogens is 201 g/mol. The van der Waals surface area contributed by atoms with Crippen LogP contribution >= 0.6 is 0 Å². The number of anilines is 1. The minimum atomic E-state index is -0.146. The zero-order valence-corrected chi connectivity index (χ0v) is 9.67. The molecule has 1 aromatic carbocycles. The quantitative estimate of drug-likeness (QED) is 0.760. The molecule has 0 unspecified atom stereocenters. The second kappa shape index (κ2) is 4.69. The summed E-state index contributed by atoms with van der Waals surface area (Å²) in [5.74, 6) is 0.326. The van der Waals surface area contributed by atoms with E-state index < -0.39 is 0 Å². The molecular formula is C14H18FN. The van der Waals surface area contributed by atoms with Gasteiger partial charge in [0.1, 0.15) is 5.82 Å². The van der Waals surface area contributed by atoms with E-state index >= 15 is 0 Å². The number of fused-ring (bicyclic) bond motifs is 1. The van der Waals surface area contributed by atoms with Crippen LogP contribution in [0.1, 0.15) is 25.3 Å². The van der Waals surface area contributed by atoms with Gasteiger partial charge in [-0.15, -0.1) is 6.58 Å². The summed E-state index contributed by atoms with van der Waals surface area (Å²) in [6, 6.07) is 5.36. The molecule has 0 aliphatic carbocycles. The van der Waals surface area contributed by atoms with E-state index in [1.54, 1.807) is 6.07 Å². The first kappa shape index (κ1) is 11.2. The van der Waals surface area contributed by atoms with E-state index in [-0.39, 0.29) is 5.82 Å². The summed E-state index contributed by atoms with van der Waals surface area (Å²) >= 11 is 0.